The van der Waals surface area contributed by atoms with Gasteiger partial charge >= 0.3 is 12.1 Å². The first-order valence-electron chi connectivity index (χ1n) is 12.3. The molecule has 33 heavy (non-hydrogen) atoms. The second-order valence-electron chi connectivity index (χ2n) is 10.3. The Balaban J connectivity index is 1.46. The Morgan fingerprint density at radius 2 is 1.85 bits per heavy atom. The third-order valence-electron chi connectivity index (χ3n) is 8.33. The van der Waals surface area contributed by atoms with Gasteiger partial charge in [0, 0.05) is 7.11 Å². The average molecular weight is 466 g/mol. The monoisotopic (exact) mass is 465 g/mol. The molecule has 1 unspecified atom stereocenters. The number of epoxide rings is 2. The predicted molar refractivity (Wildman–Crippen MR) is 121 cm³/mol. The number of nitrogens with one attached hydrogen (secondary N) is 1. The number of hydrogen-bond donors (Lipinski definition) is 1. The lowest BCUT2D eigenvalue weighted by Gasteiger charge is -2.42. The van der Waals surface area contributed by atoms with Crippen molar-refractivity contribution in [3.05, 3.63) is 11.6 Å². The standard InChI is InChI=1S/C25H39NO7/c1-6-15(2)21-24(3,33-21)20-19(29-4)17(12-13-25(20)14-31-25)32-23(28)26-18(22(27)30-5)16-10-8-7-9-11-16/h6,16-21H,7-14H2,1-5H3,(H,26,28)/t17-,18?,19-,20-,21-,24-,25+/m1/s1. The van der Waals surface area contributed by atoms with Gasteiger partial charge in [0.1, 0.15) is 35.6 Å². The summed E-state index contributed by atoms with van der Waals surface area (Å²) in [4.78, 5) is 25.4. The predicted octanol–water partition coefficient (Wildman–Crippen LogP) is 3.52. The minimum absolute atomic E-state index is 0.00816. The van der Waals surface area contributed by atoms with Crippen molar-refractivity contribution in [2.45, 2.75) is 101 Å². The molecule has 2 aliphatic heterocycles. The van der Waals surface area contributed by atoms with E-state index >= 15 is 0 Å². The van der Waals surface area contributed by atoms with Crippen LogP contribution >= 0.6 is 0 Å². The molecular weight excluding hydrogens is 426 g/mol. The molecule has 7 atom stereocenters. The van der Waals surface area contributed by atoms with Crippen LogP contribution in [0.15, 0.2) is 11.6 Å². The molecule has 8 heteroatoms. The highest BCUT2D eigenvalue weighted by Gasteiger charge is 2.72. The molecule has 2 saturated carbocycles. The molecule has 2 aliphatic carbocycles. The number of ether oxygens (including phenoxy) is 5. The highest BCUT2D eigenvalue weighted by molar-refractivity contribution is 5.81. The first kappa shape index (κ1) is 24.5. The number of methoxy groups -OCH3 is 2. The van der Waals surface area contributed by atoms with Crippen LogP contribution in [0.4, 0.5) is 4.79 Å². The molecule has 0 aromatic heterocycles. The van der Waals surface area contributed by atoms with Crippen molar-refractivity contribution in [2.75, 3.05) is 20.8 Å². The topological polar surface area (TPSA) is 98.9 Å². The van der Waals surface area contributed by atoms with E-state index in [0.717, 1.165) is 38.5 Å². The van der Waals surface area contributed by atoms with Crippen LogP contribution in [0.3, 0.4) is 0 Å². The van der Waals surface area contributed by atoms with Gasteiger partial charge in [-0.2, -0.15) is 0 Å². The van der Waals surface area contributed by atoms with Crippen molar-refractivity contribution in [1.82, 2.24) is 5.32 Å². The Bertz CT molecular complexity index is 773. The summed E-state index contributed by atoms with van der Waals surface area (Å²) < 4.78 is 29.0. The van der Waals surface area contributed by atoms with Crippen LogP contribution in [0, 0.1) is 11.8 Å². The van der Waals surface area contributed by atoms with Gasteiger partial charge in [0.15, 0.2) is 0 Å². The van der Waals surface area contributed by atoms with Gasteiger partial charge in [-0.15, -0.1) is 0 Å². The van der Waals surface area contributed by atoms with E-state index in [1.165, 1.54) is 12.7 Å². The molecular formula is C25H39NO7. The van der Waals surface area contributed by atoms with Crippen LogP contribution in [-0.4, -0.2) is 68.4 Å². The zero-order chi connectivity index (χ0) is 23.8. The average Bonchev–Trinajstić information content (AvgIpc) is 3.75. The van der Waals surface area contributed by atoms with E-state index in [-0.39, 0.29) is 29.6 Å². The number of alkyl carbamates (subject to hydrolysis) is 1. The fourth-order valence-electron chi connectivity index (χ4n) is 6.31. The van der Waals surface area contributed by atoms with E-state index in [1.807, 2.05) is 6.92 Å². The normalized spacial score (nSPS) is 39.6. The second kappa shape index (κ2) is 9.55. The number of esters is 1. The summed E-state index contributed by atoms with van der Waals surface area (Å²) in [6.07, 6.45) is 7.14. The Labute approximate surface area is 196 Å². The van der Waals surface area contributed by atoms with Gasteiger partial charge in [0.05, 0.1) is 19.6 Å². The largest absolute Gasteiger partial charge is 0.467 e. The summed E-state index contributed by atoms with van der Waals surface area (Å²) in [5.41, 5.74) is 0.464. The van der Waals surface area contributed by atoms with Gasteiger partial charge in [0.2, 0.25) is 0 Å². The van der Waals surface area contributed by atoms with Crippen molar-refractivity contribution in [1.29, 1.82) is 0 Å². The van der Waals surface area contributed by atoms with E-state index in [4.69, 9.17) is 23.7 Å². The summed E-state index contributed by atoms with van der Waals surface area (Å²) in [6.45, 7) is 6.85. The number of allylic oxidation sites excluding steroid dienone is 1. The first-order chi connectivity index (χ1) is 15.8. The van der Waals surface area contributed by atoms with Gasteiger partial charge in [-0.3, -0.25) is 0 Å². The summed E-state index contributed by atoms with van der Waals surface area (Å²) >= 11 is 0. The third kappa shape index (κ3) is 4.66. The van der Waals surface area contributed by atoms with Crippen LogP contribution in [-0.2, 0) is 28.5 Å². The number of carbonyl (C=O) groups is 2. The van der Waals surface area contributed by atoms with E-state index < -0.39 is 29.8 Å². The summed E-state index contributed by atoms with van der Waals surface area (Å²) in [7, 11) is 3.00. The fraction of sp³-hybridized carbons (Fsp3) is 0.840. The molecule has 4 rings (SSSR count). The number of amides is 1. The Morgan fingerprint density at radius 1 is 1.15 bits per heavy atom. The Hall–Kier alpha value is -1.64. The molecule has 0 bridgehead atoms. The van der Waals surface area contributed by atoms with Crippen molar-refractivity contribution >= 4 is 12.1 Å². The Morgan fingerprint density at radius 3 is 2.42 bits per heavy atom. The van der Waals surface area contributed by atoms with Crippen molar-refractivity contribution < 1.29 is 33.3 Å². The summed E-state index contributed by atoms with van der Waals surface area (Å²) in [6, 6.07) is -0.688. The molecule has 4 aliphatic rings. The summed E-state index contributed by atoms with van der Waals surface area (Å²) in [5.74, 6) is -0.406. The summed E-state index contributed by atoms with van der Waals surface area (Å²) in [5, 5.41) is 2.81. The zero-order valence-electron chi connectivity index (χ0n) is 20.6. The molecule has 2 heterocycles. The lowest BCUT2D eigenvalue weighted by atomic mass is 9.68. The second-order valence-corrected chi connectivity index (χ2v) is 10.3. The van der Waals surface area contributed by atoms with E-state index in [1.54, 1.807) is 7.11 Å². The smallest absolute Gasteiger partial charge is 0.408 e. The van der Waals surface area contributed by atoms with Crippen LogP contribution in [0.25, 0.3) is 0 Å². The van der Waals surface area contributed by atoms with Crippen LogP contribution in [0.2, 0.25) is 0 Å². The molecule has 8 nitrogen and oxygen atoms in total. The van der Waals surface area contributed by atoms with Crippen molar-refractivity contribution in [3.8, 4) is 0 Å². The zero-order valence-corrected chi connectivity index (χ0v) is 20.6. The van der Waals surface area contributed by atoms with Crippen LogP contribution < -0.4 is 5.32 Å². The maximum Gasteiger partial charge on any atom is 0.408 e. The van der Waals surface area contributed by atoms with Gasteiger partial charge < -0.3 is 29.0 Å². The minimum atomic E-state index is -0.688. The molecule has 0 aromatic rings. The van der Waals surface area contributed by atoms with Crippen LogP contribution in [0.5, 0.6) is 0 Å². The van der Waals surface area contributed by atoms with Crippen LogP contribution in [0.1, 0.15) is 65.7 Å². The van der Waals surface area contributed by atoms with Crippen molar-refractivity contribution in [3.63, 3.8) is 0 Å². The highest BCUT2D eigenvalue weighted by Crippen LogP contribution is 2.60. The Kier molecular flexibility index (Phi) is 7.08. The lowest BCUT2D eigenvalue weighted by Crippen LogP contribution is -2.57. The lowest BCUT2D eigenvalue weighted by molar-refractivity contribution is -0.145. The molecule has 186 valence electrons. The van der Waals surface area contributed by atoms with Gasteiger partial charge in [-0.1, -0.05) is 25.3 Å². The van der Waals surface area contributed by atoms with E-state index in [2.05, 4.69) is 25.2 Å². The molecule has 1 N–H and O–H groups in total. The molecule has 4 fully saturated rings. The first-order valence-corrected chi connectivity index (χ1v) is 12.3. The molecule has 1 amide bonds. The molecule has 1 spiro atoms. The number of carbonyl (C=O) groups excluding carboxylic acids is 2. The third-order valence-corrected chi connectivity index (χ3v) is 8.33. The maximum atomic E-state index is 12.9. The van der Waals surface area contributed by atoms with E-state index in [0.29, 0.717) is 13.0 Å². The SMILES string of the molecule is CC=C(C)[C@H]1O[C@]1(C)[C@H]1[C@H](OC)[C@H](OC(=O)NC(C(=O)OC)C2CCCCC2)CC[C@]12CO2. The molecule has 0 aromatic carbocycles. The molecule has 0 radical (unpaired) electrons. The van der Waals surface area contributed by atoms with Gasteiger partial charge in [0.25, 0.3) is 0 Å². The maximum absolute atomic E-state index is 12.9. The van der Waals surface area contributed by atoms with Crippen molar-refractivity contribution in [2.24, 2.45) is 11.8 Å². The minimum Gasteiger partial charge on any atom is -0.467 e. The van der Waals surface area contributed by atoms with Gasteiger partial charge in [-0.05, 0) is 57.9 Å². The fourth-order valence-corrected chi connectivity index (χ4v) is 6.31. The quantitative estimate of drug-likeness (QED) is 0.349. The number of hydrogen-bond acceptors (Lipinski definition) is 7. The molecule has 2 saturated heterocycles. The highest BCUT2D eigenvalue weighted by atomic mass is 16.6. The van der Waals surface area contributed by atoms with Gasteiger partial charge in [-0.25, -0.2) is 9.59 Å². The van der Waals surface area contributed by atoms with E-state index in [9.17, 15) is 9.59 Å². The number of rotatable bonds is 7.